The minimum atomic E-state index is -0.465. The molecule has 0 aromatic rings. The summed E-state index contributed by atoms with van der Waals surface area (Å²) in [7, 11) is 2.88. The number of carbonyl (C=O) groups excluding carboxylic acids is 1. The van der Waals surface area contributed by atoms with Gasteiger partial charge >= 0.3 is 15.7 Å². The molecule has 0 aromatic heterocycles. The standard InChI is InChI=1S/C10H18O4Si/c1-5-6-7-8(2)9(11)14-15-10(12-3)13-4/h7,10H,5-6H2,1-4H3. The van der Waals surface area contributed by atoms with Gasteiger partial charge in [0.15, 0.2) is 5.91 Å². The van der Waals surface area contributed by atoms with Gasteiger partial charge in [0.1, 0.15) is 0 Å². The second kappa shape index (κ2) is 8.64. The smallest absolute Gasteiger partial charge is 0.380 e. The highest BCUT2D eigenvalue weighted by molar-refractivity contribution is 6.32. The summed E-state index contributed by atoms with van der Waals surface area (Å²) in [6.07, 6.45) is 3.79. The van der Waals surface area contributed by atoms with Gasteiger partial charge in [0, 0.05) is 19.8 Å². The number of hydrogen-bond donors (Lipinski definition) is 0. The predicted molar refractivity (Wildman–Crippen MR) is 58.3 cm³/mol. The molecule has 0 bridgehead atoms. The molecular weight excluding hydrogens is 212 g/mol. The van der Waals surface area contributed by atoms with Gasteiger partial charge in [-0.25, -0.2) is 4.79 Å². The molecule has 0 fully saturated rings. The lowest BCUT2D eigenvalue weighted by atomic mass is 10.2. The summed E-state index contributed by atoms with van der Waals surface area (Å²) in [5.41, 5.74) is 0.635. The normalized spacial score (nSPS) is 11.9. The van der Waals surface area contributed by atoms with E-state index in [1.54, 1.807) is 6.92 Å². The van der Waals surface area contributed by atoms with E-state index in [4.69, 9.17) is 13.9 Å². The third-order valence-corrected chi connectivity index (χ3v) is 2.70. The molecule has 0 aromatic carbocycles. The second-order valence-corrected chi connectivity index (χ2v) is 3.90. The van der Waals surface area contributed by atoms with Gasteiger partial charge in [0.25, 0.3) is 0 Å². The highest BCUT2D eigenvalue weighted by Crippen LogP contribution is 2.01. The van der Waals surface area contributed by atoms with Gasteiger partial charge < -0.3 is 13.9 Å². The second-order valence-electron chi connectivity index (χ2n) is 2.99. The van der Waals surface area contributed by atoms with E-state index in [1.807, 2.05) is 6.08 Å². The van der Waals surface area contributed by atoms with Gasteiger partial charge in [-0.15, -0.1) is 0 Å². The topological polar surface area (TPSA) is 44.8 Å². The van der Waals surface area contributed by atoms with Crippen LogP contribution in [0.3, 0.4) is 0 Å². The first-order valence-electron chi connectivity index (χ1n) is 4.84. The van der Waals surface area contributed by atoms with Crippen LogP contribution >= 0.6 is 0 Å². The molecule has 0 rings (SSSR count). The number of carbonyl (C=O) groups is 1. The molecule has 0 unspecified atom stereocenters. The van der Waals surface area contributed by atoms with Crippen LogP contribution in [0.25, 0.3) is 0 Å². The van der Waals surface area contributed by atoms with Gasteiger partial charge in [-0.3, -0.25) is 0 Å². The van der Waals surface area contributed by atoms with Crippen LogP contribution in [0.1, 0.15) is 26.7 Å². The van der Waals surface area contributed by atoms with E-state index in [9.17, 15) is 4.79 Å². The number of allylic oxidation sites excluding steroid dienone is 1. The molecule has 0 aliphatic carbocycles. The summed E-state index contributed by atoms with van der Waals surface area (Å²) in [5, 5.41) is 0. The first-order valence-corrected chi connectivity index (χ1v) is 5.83. The maximum absolute atomic E-state index is 11.4. The molecule has 0 amide bonds. The summed E-state index contributed by atoms with van der Waals surface area (Å²) in [4.78, 5) is 11.4. The fourth-order valence-corrected chi connectivity index (χ4v) is 1.38. The number of hydrogen-bond acceptors (Lipinski definition) is 4. The number of rotatable bonds is 7. The van der Waals surface area contributed by atoms with Crippen molar-refractivity contribution in [3.63, 3.8) is 0 Å². The zero-order chi connectivity index (χ0) is 11.7. The third-order valence-electron chi connectivity index (χ3n) is 1.74. The van der Waals surface area contributed by atoms with Crippen molar-refractivity contribution < 1.29 is 18.7 Å². The summed E-state index contributed by atoms with van der Waals surface area (Å²) in [6, 6.07) is 0. The first-order chi connectivity index (χ1) is 7.15. The highest BCUT2D eigenvalue weighted by atomic mass is 28.2. The van der Waals surface area contributed by atoms with Crippen molar-refractivity contribution in [2.45, 2.75) is 32.6 Å². The van der Waals surface area contributed by atoms with E-state index in [0.29, 0.717) is 5.57 Å². The minimum Gasteiger partial charge on any atom is -0.507 e. The molecule has 2 radical (unpaired) electrons. The van der Waals surface area contributed by atoms with Crippen LogP contribution in [0.15, 0.2) is 11.6 Å². The molecule has 0 saturated carbocycles. The Hall–Kier alpha value is -0.653. The summed E-state index contributed by atoms with van der Waals surface area (Å²) in [5.74, 6) is -0.770. The fraction of sp³-hybridized carbons (Fsp3) is 0.700. The lowest BCUT2D eigenvalue weighted by Gasteiger charge is -2.11. The van der Waals surface area contributed by atoms with Crippen LogP contribution in [-0.2, 0) is 18.7 Å². The number of methoxy groups -OCH3 is 2. The van der Waals surface area contributed by atoms with Gasteiger partial charge in [0.2, 0.25) is 0 Å². The molecule has 15 heavy (non-hydrogen) atoms. The van der Waals surface area contributed by atoms with E-state index in [2.05, 4.69) is 6.92 Å². The Bertz CT molecular complexity index is 211. The Labute approximate surface area is 93.5 Å². The monoisotopic (exact) mass is 230 g/mol. The van der Waals surface area contributed by atoms with E-state index in [-0.39, 0.29) is 15.7 Å². The van der Waals surface area contributed by atoms with E-state index < -0.39 is 5.91 Å². The molecule has 0 atom stereocenters. The van der Waals surface area contributed by atoms with Gasteiger partial charge in [-0.05, 0) is 13.3 Å². The average molecular weight is 230 g/mol. The van der Waals surface area contributed by atoms with Gasteiger partial charge in [0.05, 0.1) is 0 Å². The molecule has 86 valence electrons. The van der Waals surface area contributed by atoms with Crippen LogP contribution in [0, 0.1) is 0 Å². The van der Waals surface area contributed by atoms with Crippen LogP contribution < -0.4 is 0 Å². The maximum atomic E-state index is 11.4. The van der Waals surface area contributed by atoms with Crippen molar-refractivity contribution in [2.75, 3.05) is 14.2 Å². The molecule has 0 N–H and O–H groups in total. The Kier molecular flexibility index (Phi) is 8.26. The van der Waals surface area contributed by atoms with E-state index >= 15 is 0 Å². The maximum Gasteiger partial charge on any atom is 0.380 e. The summed E-state index contributed by atoms with van der Waals surface area (Å²) < 4.78 is 14.8. The fourth-order valence-electron chi connectivity index (χ4n) is 0.819. The highest BCUT2D eigenvalue weighted by Gasteiger charge is 2.14. The Morgan fingerprint density at radius 1 is 1.40 bits per heavy atom. The third kappa shape index (κ3) is 6.43. The van der Waals surface area contributed by atoms with Crippen LogP contribution in [0.5, 0.6) is 0 Å². The van der Waals surface area contributed by atoms with Crippen LogP contribution in [-0.4, -0.2) is 35.9 Å². The van der Waals surface area contributed by atoms with Crippen molar-refractivity contribution in [3.05, 3.63) is 11.6 Å². The van der Waals surface area contributed by atoms with Crippen molar-refractivity contribution >= 4 is 15.7 Å². The number of ether oxygens (including phenoxy) is 2. The molecule has 0 aliphatic heterocycles. The van der Waals surface area contributed by atoms with Crippen molar-refractivity contribution in [2.24, 2.45) is 0 Å². The minimum absolute atomic E-state index is 0.133. The Balaban J connectivity index is 3.92. The quantitative estimate of drug-likeness (QED) is 0.377. The van der Waals surface area contributed by atoms with Gasteiger partial charge in [-0.1, -0.05) is 19.4 Å². The number of unbranched alkanes of at least 4 members (excludes halogenated alkanes) is 1. The van der Waals surface area contributed by atoms with Crippen LogP contribution in [0.4, 0.5) is 0 Å². The van der Waals surface area contributed by atoms with Crippen LogP contribution in [0.2, 0.25) is 0 Å². The lowest BCUT2D eigenvalue weighted by molar-refractivity contribution is -0.132. The lowest BCUT2D eigenvalue weighted by Crippen LogP contribution is -2.26. The first kappa shape index (κ1) is 14.3. The summed E-state index contributed by atoms with van der Waals surface area (Å²) >= 11 is 0. The van der Waals surface area contributed by atoms with E-state index in [0.717, 1.165) is 12.8 Å². The summed E-state index contributed by atoms with van der Waals surface area (Å²) in [6.45, 7) is 3.81. The molecular formula is C10H18O4Si. The molecule has 5 heteroatoms. The van der Waals surface area contributed by atoms with Crippen molar-refractivity contribution in [1.82, 2.24) is 0 Å². The predicted octanol–water partition coefficient (Wildman–Crippen LogP) is 1.47. The Morgan fingerprint density at radius 3 is 2.47 bits per heavy atom. The largest absolute Gasteiger partial charge is 0.507 e. The van der Waals surface area contributed by atoms with Gasteiger partial charge in [-0.2, -0.15) is 0 Å². The SMILES string of the molecule is CCCC=C(C)C(=O)O[Si]C(OC)OC. The van der Waals surface area contributed by atoms with Crippen molar-refractivity contribution in [3.8, 4) is 0 Å². The molecule has 0 spiro atoms. The molecule has 0 aliphatic rings. The van der Waals surface area contributed by atoms with Crippen molar-refractivity contribution in [1.29, 1.82) is 0 Å². The van der Waals surface area contributed by atoms with E-state index in [1.165, 1.54) is 14.2 Å². The molecule has 0 heterocycles. The Morgan fingerprint density at radius 2 is 2.00 bits per heavy atom. The average Bonchev–Trinajstić information content (AvgIpc) is 2.26. The molecule has 0 saturated heterocycles. The zero-order valence-electron chi connectivity index (χ0n) is 9.70. The zero-order valence-corrected chi connectivity index (χ0v) is 10.7. The molecule has 4 nitrogen and oxygen atoms in total.